The summed E-state index contributed by atoms with van der Waals surface area (Å²) in [5.74, 6) is 0.680. The van der Waals surface area contributed by atoms with Crippen molar-refractivity contribution in [2.45, 2.75) is 6.42 Å². The van der Waals surface area contributed by atoms with Gasteiger partial charge in [0.05, 0.1) is 6.26 Å². The van der Waals surface area contributed by atoms with Crippen LogP contribution in [0.5, 0.6) is 0 Å². The lowest BCUT2D eigenvalue weighted by Crippen LogP contribution is -2.25. The van der Waals surface area contributed by atoms with Crippen molar-refractivity contribution >= 4 is 17.0 Å². The third-order valence-electron chi connectivity index (χ3n) is 2.71. The summed E-state index contributed by atoms with van der Waals surface area (Å²) in [6.45, 7) is 0.451. The van der Waals surface area contributed by atoms with E-state index in [0.717, 1.165) is 11.1 Å². The Labute approximate surface area is 109 Å². The highest BCUT2D eigenvalue weighted by atomic mass is 16.3. The van der Waals surface area contributed by atoms with E-state index in [2.05, 4.69) is 10.3 Å². The molecule has 1 amide bonds. The van der Waals surface area contributed by atoms with Gasteiger partial charge in [0.1, 0.15) is 5.52 Å². The Balaban J connectivity index is 1.59. The normalized spacial score (nSPS) is 10.7. The highest BCUT2D eigenvalue weighted by Gasteiger charge is 2.09. The minimum absolute atomic E-state index is 0.235. The van der Waals surface area contributed by atoms with Crippen LogP contribution in [0.4, 0.5) is 0 Å². The predicted octanol–water partition coefficient (Wildman–Crippen LogP) is 2.39. The van der Waals surface area contributed by atoms with E-state index in [-0.39, 0.29) is 5.91 Å². The quantitative estimate of drug-likeness (QED) is 0.778. The van der Waals surface area contributed by atoms with Gasteiger partial charge in [-0.3, -0.25) is 4.79 Å². The Morgan fingerprint density at radius 1 is 1.21 bits per heavy atom. The van der Waals surface area contributed by atoms with E-state index in [0.29, 0.717) is 24.6 Å². The Morgan fingerprint density at radius 3 is 2.89 bits per heavy atom. The van der Waals surface area contributed by atoms with E-state index < -0.39 is 0 Å². The largest absolute Gasteiger partial charge is 0.459 e. The van der Waals surface area contributed by atoms with Crippen molar-refractivity contribution in [1.82, 2.24) is 10.3 Å². The van der Waals surface area contributed by atoms with Crippen molar-refractivity contribution in [3.63, 3.8) is 0 Å². The standard InChI is InChI=1S/C14H12N2O3/c17-14(12-6-3-9-18-12)15-8-7-13-16-10-4-1-2-5-11(10)19-13/h1-6,9H,7-8H2,(H,15,17). The summed E-state index contributed by atoms with van der Waals surface area (Å²) >= 11 is 0. The van der Waals surface area contributed by atoms with Gasteiger partial charge in [0, 0.05) is 13.0 Å². The van der Waals surface area contributed by atoms with Crippen LogP contribution in [0.25, 0.3) is 11.1 Å². The highest BCUT2D eigenvalue weighted by Crippen LogP contribution is 2.14. The summed E-state index contributed by atoms with van der Waals surface area (Å²) in [5, 5.41) is 2.75. The molecule has 0 saturated heterocycles. The first-order valence-corrected chi connectivity index (χ1v) is 5.99. The summed E-state index contributed by atoms with van der Waals surface area (Å²) in [6, 6.07) is 10.9. The van der Waals surface area contributed by atoms with Crippen molar-refractivity contribution in [2.75, 3.05) is 6.54 Å². The van der Waals surface area contributed by atoms with Gasteiger partial charge in [-0.2, -0.15) is 0 Å². The third-order valence-corrected chi connectivity index (χ3v) is 2.71. The lowest BCUT2D eigenvalue weighted by Gasteiger charge is -1.99. The number of nitrogens with zero attached hydrogens (tertiary/aromatic N) is 1. The predicted molar refractivity (Wildman–Crippen MR) is 68.8 cm³/mol. The van der Waals surface area contributed by atoms with Crippen molar-refractivity contribution < 1.29 is 13.6 Å². The maximum Gasteiger partial charge on any atom is 0.286 e. The minimum atomic E-state index is -0.235. The number of benzene rings is 1. The van der Waals surface area contributed by atoms with Crippen LogP contribution in [0.3, 0.4) is 0 Å². The number of hydrogen-bond donors (Lipinski definition) is 1. The van der Waals surface area contributed by atoms with E-state index in [1.165, 1.54) is 6.26 Å². The highest BCUT2D eigenvalue weighted by molar-refractivity contribution is 5.91. The molecule has 96 valence electrons. The first-order chi connectivity index (χ1) is 9.33. The molecule has 0 aliphatic rings. The van der Waals surface area contributed by atoms with Crippen LogP contribution in [0.1, 0.15) is 16.4 Å². The molecular weight excluding hydrogens is 244 g/mol. The number of carbonyl (C=O) groups is 1. The lowest BCUT2D eigenvalue weighted by atomic mass is 10.3. The van der Waals surface area contributed by atoms with Gasteiger partial charge in [0.2, 0.25) is 0 Å². The van der Waals surface area contributed by atoms with Gasteiger partial charge >= 0.3 is 0 Å². The Kier molecular flexibility index (Phi) is 3.02. The first kappa shape index (κ1) is 11.5. The number of carbonyl (C=O) groups excluding carboxylic acids is 1. The second-order valence-electron chi connectivity index (χ2n) is 4.06. The number of rotatable bonds is 4. The van der Waals surface area contributed by atoms with Gasteiger partial charge in [-0.25, -0.2) is 4.98 Å². The molecule has 0 spiro atoms. The third kappa shape index (κ3) is 2.49. The van der Waals surface area contributed by atoms with Gasteiger partial charge in [0.25, 0.3) is 5.91 Å². The molecule has 5 heteroatoms. The molecule has 3 aromatic rings. The fourth-order valence-electron chi connectivity index (χ4n) is 1.80. The molecule has 19 heavy (non-hydrogen) atoms. The van der Waals surface area contributed by atoms with Crippen LogP contribution in [-0.4, -0.2) is 17.4 Å². The van der Waals surface area contributed by atoms with Crippen LogP contribution >= 0.6 is 0 Å². The van der Waals surface area contributed by atoms with E-state index in [1.54, 1.807) is 12.1 Å². The first-order valence-electron chi connectivity index (χ1n) is 5.99. The zero-order chi connectivity index (χ0) is 13.1. The Hall–Kier alpha value is -2.56. The van der Waals surface area contributed by atoms with Crippen molar-refractivity contribution in [2.24, 2.45) is 0 Å². The second kappa shape index (κ2) is 4.97. The van der Waals surface area contributed by atoms with Gasteiger partial charge < -0.3 is 14.2 Å². The Bertz CT molecular complexity index is 653. The molecule has 0 radical (unpaired) electrons. The van der Waals surface area contributed by atoms with Gasteiger partial charge in [-0.15, -0.1) is 0 Å². The number of furan rings is 1. The molecule has 1 N–H and O–H groups in total. The molecule has 5 nitrogen and oxygen atoms in total. The summed E-state index contributed by atoms with van der Waals surface area (Å²) < 4.78 is 10.5. The van der Waals surface area contributed by atoms with E-state index in [4.69, 9.17) is 8.83 Å². The van der Waals surface area contributed by atoms with Gasteiger partial charge in [-0.05, 0) is 24.3 Å². The van der Waals surface area contributed by atoms with Crippen LogP contribution < -0.4 is 5.32 Å². The zero-order valence-corrected chi connectivity index (χ0v) is 10.1. The zero-order valence-electron chi connectivity index (χ0n) is 10.1. The minimum Gasteiger partial charge on any atom is -0.459 e. The maximum absolute atomic E-state index is 11.6. The molecule has 0 unspecified atom stereocenters. The number of amides is 1. The number of aromatic nitrogens is 1. The SMILES string of the molecule is O=C(NCCc1nc2ccccc2o1)c1ccco1. The molecule has 2 aromatic heterocycles. The molecule has 0 saturated carbocycles. The van der Waals surface area contributed by atoms with E-state index >= 15 is 0 Å². The molecule has 3 rings (SSSR count). The van der Waals surface area contributed by atoms with Crippen LogP contribution in [-0.2, 0) is 6.42 Å². The van der Waals surface area contributed by atoms with Crippen molar-refractivity contribution in [3.05, 3.63) is 54.3 Å². The average molecular weight is 256 g/mol. The summed E-state index contributed by atoms with van der Waals surface area (Å²) in [7, 11) is 0. The van der Waals surface area contributed by atoms with Crippen LogP contribution in [0.2, 0.25) is 0 Å². The molecule has 1 aromatic carbocycles. The summed E-state index contributed by atoms with van der Waals surface area (Å²) in [5.41, 5.74) is 1.59. The molecule has 0 atom stereocenters. The lowest BCUT2D eigenvalue weighted by molar-refractivity contribution is 0.0926. The molecule has 0 aliphatic carbocycles. The molecule has 0 bridgehead atoms. The van der Waals surface area contributed by atoms with Gasteiger partial charge in [0.15, 0.2) is 17.2 Å². The fraction of sp³-hybridized carbons (Fsp3) is 0.143. The van der Waals surface area contributed by atoms with Crippen molar-refractivity contribution in [3.8, 4) is 0 Å². The van der Waals surface area contributed by atoms with Crippen LogP contribution in [0.15, 0.2) is 51.5 Å². The van der Waals surface area contributed by atoms with E-state index in [9.17, 15) is 4.79 Å². The smallest absolute Gasteiger partial charge is 0.286 e. The van der Waals surface area contributed by atoms with Crippen molar-refractivity contribution in [1.29, 1.82) is 0 Å². The van der Waals surface area contributed by atoms with Gasteiger partial charge in [-0.1, -0.05) is 12.1 Å². The molecular formula is C14H12N2O3. The fourth-order valence-corrected chi connectivity index (χ4v) is 1.80. The van der Waals surface area contributed by atoms with Crippen LogP contribution in [0, 0.1) is 0 Å². The second-order valence-corrected chi connectivity index (χ2v) is 4.06. The number of fused-ring (bicyclic) bond motifs is 1. The number of hydrogen-bond acceptors (Lipinski definition) is 4. The number of oxazole rings is 1. The maximum atomic E-state index is 11.6. The Morgan fingerprint density at radius 2 is 2.11 bits per heavy atom. The molecule has 0 aliphatic heterocycles. The average Bonchev–Trinajstić information content (AvgIpc) is 3.07. The monoisotopic (exact) mass is 256 g/mol. The molecule has 2 heterocycles. The molecule has 0 fully saturated rings. The number of para-hydroxylation sites is 2. The summed E-state index contributed by atoms with van der Waals surface area (Å²) in [4.78, 5) is 15.9. The summed E-state index contributed by atoms with van der Waals surface area (Å²) in [6.07, 6.45) is 2.01. The number of nitrogens with one attached hydrogen (secondary N) is 1. The van der Waals surface area contributed by atoms with E-state index in [1.807, 2.05) is 24.3 Å². The topological polar surface area (TPSA) is 68.3 Å².